The number of carbonyl (C=O) groups excluding carboxylic acids is 1. The molecule has 0 saturated carbocycles. The number of carbonyl (C=O) groups is 1. The Morgan fingerprint density at radius 1 is 1.48 bits per heavy atom. The minimum atomic E-state index is -0.329. The van der Waals surface area contributed by atoms with Crippen LogP contribution in [0.25, 0.3) is 0 Å². The van der Waals surface area contributed by atoms with Gasteiger partial charge in [-0.15, -0.1) is 11.8 Å². The number of hydrogen-bond donors (Lipinski definition) is 2. The minimum absolute atomic E-state index is 0.00188. The van der Waals surface area contributed by atoms with Crippen molar-refractivity contribution in [1.29, 1.82) is 0 Å². The van der Waals surface area contributed by atoms with E-state index in [1.165, 1.54) is 12.5 Å². The first-order chi connectivity index (χ1) is 10.2. The summed E-state index contributed by atoms with van der Waals surface area (Å²) in [7, 11) is 0. The predicted octanol–water partition coefficient (Wildman–Crippen LogP) is 2.04. The average Bonchev–Trinajstić information content (AvgIpc) is 2.53. The van der Waals surface area contributed by atoms with Crippen molar-refractivity contribution in [3.63, 3.8) is 0 Å². The van der Waals surface area contributed by atoms with Crippen molar-refractivity contribution >= 4 is 17.7 Å². The molecule has 1 fully saturated rings. The Morgan fingerprint density at radius 2 is 2.33 bits per heavy atom. The molecule has 5 heteroatoms. The maximum absolute atomic E-state index is 13.8. The Balaban J connectivity index is 1.96. The van der Waals surface area contributed by atoms with Crippen LogP contribution in [0.1, 0.15) is 30.4 Å². The molecule has 0 aliphatic carbocycles. The second-order valence-electron chi connectivity index (χ2n) is 4.89. The third-order valence-electron chi connectivity index (χ3n) is 3.31. The van der Waals surface area contributed by atoms with Gasteiger partial charge in [-0.1, -0.05) is 18.3 Å². The molecular weight excluding hydrogens is 287 g/mol. The van der Waals surface area contributed by atoms with Gasteiger partial charge >= 0.3 is 0 Å². The van der Waals surface area contributed by atoms with E-state index in [9.17, 15) is 9.18 Å². The number of benzene rings is 1. The van der Waals surface area contributed by atoms with Gasteiger partial charge in [-0.05, 0) is 36.8 Å². The van der Waals surface area contributed by atoms with Gasteiger partial charge < -0.3 is 11.1 Å². The molecule has 1 unspecified atom stereocenters. The zero-order valence-electron chi connectivity index (χ0n) is 11.8. The van der Waals surface area contributed by atoms with Crippen molar-refractivity contribution in [3.8, 4) is 11.8 Å². The maximum atomic E-state index is 13.8. The summed E-state index contributed by atoms with van der Waals surface area (Å²) in [5, 5.41) is 2.82. The van der Waals surface area contributed by atoms with E-state index in [4.69, 9.17) is 5.73 Å². The number of nitrogens with two attached hydrogens (primary N) is 1. The van der Waals surface area contributed by atoms with Crippen LogP contribution >= 0.6 is 11.8 Å². The largest absolute Gasteiger partial charge is 0.351 e. The first-order valence-corrected chi connectivity index (χ1v) is 8.12. The predicted molar refractivity (Wildman–Crippen MR) is 84.3 cm³/mol. The summed E-state index contributed by atoms with van der Waals surface area (Å²) < 4.78 is 13.8. The SMILES string of the molecule is NCC#Cc1ccc(F)c(CNC(=O)C2CCCCS2)c1. The molecule has 3 N–H and O–H groups in total. The van der Waals surface area contributed by atoms with Gasteiger partial charge in [0.1, 0.15) is 5.82 Å². The van der Waals surface area contributed by atoms with Gasteiger partial charge in [0.05, 0.1) is 11.8 Å². The fourth-order valence-corrected chi connectivity index (χ4v) is 3.41. The van der Waals surface area contributed by atoms with E-state index in [0.29, 0.717) is 11.1 Å². The summed E-state index contributed by atoms with van der Waals surface area (Å²) in [6.45, 7) is 0.461. The van der Waals surface area contributed by atoms with E-state index in [-0.39, 0.29) is 30.1 Å². The molecule has 1 aliphatic rings. The molecule has 1 amide bonds. The monoisotopic (exact) mass is 306 g/mol. The zero-order valence-corrected chi connectivity index (χ0v) is 12.6. The van der Waals surface area contributed by atoms with E-state index in [1.54, 1.807) is 23.9 Å². The van der Waals surface area contributed by atoms with Crippen LogP contribution < -0.4 is 11.1 Å². The fraction of sp³-hybridized carbons (Fsp3) is 0.438. The lowest BCUT2D eigenvalue weighted by Gasteiger charge is -2.20. The highest BCUT2D eigenvalue weighted by Gasteiger charge is 2.21. The Morgan fingerprint density at radius 3 is 3.05 bits per heavy atom. The van der Waals surface area contributed by atoms with Crippen LogP contribution in [0.4, 0.5) is 4.39 Å². The van der Waals surface area contributed by atoms with Crippen molar-refractivity contribution < 1.29 is 9.18 Å². The first kappa shape index (κ1) is 15.9. The van der Waals surface area contributed by atoms with Gasteiger partial charge in [-0.2, -0.15) is 0 Å². The lowest BCUT2D eigenvalue weighted by molar-refractivity contribution is -0.120. The maximum Gasteiger partial charge on any atom is 0.233 e. The molecule has 1 aliphatic heterocycles. The molecule has 0 radical (unpaired) electrons. The number of amides is 1. The Kier molecular flexibility index (Phi) is 6.09. The van der Waals surface area contributed by atoms with Crippen LogP contribution in [0, 0.1) is 17.7 Å². The highest BCUT2D eigenvalue weighted by Crippen LogP contribution is 2.25. The van der Waals surface area contributed by atoms with Crippen molar-refractivity contribution in [1.82, 2.24) is 5.32 Å². The fourth-order valence-electron chi connectivity index (χ4n) is 2.18. The van der Waals surface area contributed by atoms with E-state index in [0.717, 1.165) is 18.6 Å². The second-order valence-corrected chi connectivity index (χ2v) is 6.20. The van der Waals surface area contributed by atoms with Crippen molar-refractivity contribution in [2.75, 3.05) is 12.3 Å². The molecule has 1 aromatic rings. The van der Waals surface area contributed by atoms with E-state index >= 15 is 0 Å². The summed E-state index contributed by atoms with van der Waals surface area (Å²) in [6.07, 6.45) is 3.16. The van der Waals surface area contributed by atoms with Crippen molar-refractivity contribution in [2.24, 2.45) is 5.73 Å². The number of rotatable bonds is 3. The number of nitrogens with one attached hydrogen (secondary N) is 1. The van der Waals surface area contributed by atoms with Gasteiger partial charge in [0, 0.05) is 17.7 Å². The minimum Gasteiger partial charge on any atom is -0.351 e. The number of halogens is 1. The first-order valence-electron chi connectivity index (χ1n) is 7.07. The molecule has 0 bridgehead atoms. The molecule has 1 heterocycles. The Hall–Kier alpha value is -1.51. The zero-order chi connectivity index (χ0) is 15.1. The summed E-state index contributed by atoms with van der Waals surface area (Å²) in [5.41, 5.74) is 6.48. The van der Waals surface area contributed by atoms with E-state index in [1.807, 2.05) is 0 Å². The normalized spacial score (nSPS) is 17.7. The molecule has 1 saturated heterocycles. The van der Waals surface area contributed by atoms with Crippen LogP contribution in [-0.4, -0.2) is 23.5 Å². The van der Waals surface area contributed by atoms with Crippen molar-refractivity contribution in [2.45, 2.75) is 31.1 Å². The topological polar surface area (TPSA) is 55.1 Å². The molecule has 0 spiro atoms. The molecule has 2 rings (SSSR count). The van der Waals surface area contributed by atoms with Gasteiger partial charge in [0.15, 0.2) is 0 Å². The molecule has 0 aromatic heterocycles. The lowest BCUT2D eigenvalue weighted by Crippen LogP contribution is -2.33. The van der Waals surface area contributed by atoms with E-state index < -0.39 is 0 Å². The van der Waals surface area contributed by atoms with Crippen LogP contribution in [-0.2, 0) is 11.3 Å². The Bertz CT molecular complexity index is 559. The highest BCUT2D eigenvalue weighted by atomic mass is 32.2. The summed E-state index contributed by atoms with van der Waals surface area (Å²) in [5.74, 6) is 6.29. The van der Waals surface area contributed by atoms with E-state index in [2.05, 4.69) is 17.2 Å². The summed E-state index contributed by atoms with van der Waals surface area (Å²) in [6, 6.07) is 4.64. The van der Waals surface area contributed by atoms with Gasteiger partial charge in [0.25, 0.3) is 0 Å². The third kappa shape index (κ3) is 4.76. The molecule has 1 aromatic carbocycles. The highest BCUT2D eigenvalue weighted by molar-refractivity contribution is 8.00. The van der Waals surface area contributed by atoms with Crippen LogP contribution in [0.5, 0.6) is 0 Å². The summed E-state index contributed by atoms with van der Waals surface area (Å²) >= 11 is 1.68. The van der Waals surface area contributed by atoms with Gasteiger partial charge in [0.2, 0.25) is 5.91 Å². The average molecular weight is 306 g/mol. The molecule has 112 valence electrons. The standard InChI is InChI=1S/C16H19FN2OS/c17-14-7-6-12(4-3-8-18)10-13(14)11-19-16(20)15-5-1-2-9-21-15/h6-7,10,15H,1-2,5,8-9,11,18H2,(H,19,20). The molecule has 21 heavy (non-hydrogen) atoms. The smallest absolute Gasteiger partial charge is 0.233 e. The van der Waals surface area contributed by atoms with Crippen molar-refractivity contribution in [3.05, 3.63) is 35.1 Å². The van der Waals surface area contributed by atoms with Gasteiger partial charge in [-0.3, -0.25) is 4.79 Å². The van der Waals surface area contributed by atoms with Crippen LogP contribution in [0.2, 0.25) is 0 Å². The summed E-state index contributed by atoms with van der Waals surface area (Å²) in [4.78, 5) is 12.0. The second kappa shape index (κ2) is 8.06. The lowest BCUT2D eigenvalue weighted by atomic mass is 10.1. The van der Waals surface area contributed by atoms with Crippen LogP contribution in [0.15, 0.2) is 18.2 Å². The molecule has 3 nitrogen and oxygen atoms in total. The van der Waals surface area contributed by atoms with Gasteiger partial charge in [-0.25, -0.2) is 4.39 Å². The molecular formula is C16H19FN2OS. The molecule has 1 atom stereocenters. The number of hydrogen-bond acceptors (Lipinski definition) is 3. The Labute approximate surface area is 128 Å². The third-order valence-corrected chi connectivity index (χ3v) is 4.68. The number of thioether (sulfide) groups is 1. The van der Waals surface area contributed by atoms with Crippen LogP contribution in [0.3, 0.4) is 0 Å². The quantitative estimate of drug-likeness (QED) is 0.840.